The van der Waals surface area contributed by atoms with Crippen molar-refractivity contribution in [3.8, 4) is 28.7 Å². The smallest absolute Gasteiger partial charge is 0.231 e. The van der Waals surface area contributed by atoms with Gasteiger partial charge >= 0.3 is 0 Å². The lowest BCUT2D eigenvalue weighted by Gasteiger charge is -2.36. The van der Waals surface area contributed by atoms with Gasteiger partial charge in [0.05, 0.1) is 14.2 Å². The highest BCUT2D eigenvalue weighted by molar-refractivity contribution is 5.58. The third-order valence-corrected chi connectivity index (χ3v) is 4.84. The number of rotatable bonds is 3. The van der Waals surface area contributed by atoms with Crippen molar-refractivity contribution in [3.63, 3.8) is 0 Å². The van der Waals surface area contributed by atoms with Crippen molar-refractivity contribution in [1.82, 2.24) is 0 Å². The predicted octanol–water partition coefficient (Wildman–Crippen LogP) is 2.91. The predicted molar refractivity (Wildman–Crippen MR) is 89.8 cm³/mol. The maximum Gasteiger partial charge on any atom is 0.231 e. The number of aliphatic hydroxyl groups is 1. The molecule has 6 heteroatoms. The molecule has 2 aromatic rings. The molecule has 3 atom stereocenters. The molecule has 2 heterocycles. The fraction of sp³-hybridized carbons (Fsp3) is 0.368. The molecule has 2 aliphatic rings. The monoisotopic (exact) mass is 344 g/mol. The van der Waals surface area contributed by atoms with Crippen LogP contribution in [-0.2, 0) is 0 Å². The van der Waals surface area contributed by atoms with E-state index in [2.05, 4.69) is 0 Å². The summed E-state index contributed by atoms with van der Waals surface area (Å²) >= 11 is 0. The second kappa shape index (κ2) is 6.04. The Morgan fingerprint density at radius 1 is 0.960 bits per heavy atom. The molecule has 0 fully saturated rings. The van der Waals surface area contributed by atoms with Gasteiger partial charge in [0.1, 0.15) is 17.2 Å². The van der Waals surface area contributed by atoms with E-state index in [1.54, 1.807) is 20.3 Å². The van der Waals surface area contributed by atoms with Gasteiger partial charge in [0.25, 0.3) is 0 Å². The van der Waals surface area contributed by atoms with Gasteiger partial charge in [0.2, 0.25) is 13.1 Å². The van der Waals surface area contributed by atoms with Crippen LogP contribution in [0.4, 0.5) is 0 Å². The van der Waals surface area contributed by atoms with Crippen molar-refractivity contribution in [2.75, 3.05) is 21.0 Å². The summed E-state index contributed by atoms with van der Waals surface area (Å²) in [6.45, 7) is 2.14. The molecule has 0 bridgehead atoms. The molecule has 132 valence electrons. The minimum atomic E-state index is -0.926. The third-order valence-electron chi connectivity index (χ3n) is 4.84. The SMILES string of the molecule is COc1ccc([C@@H]2c3cc4c(cc3O[C@H](O)[C@@H]2C)OCO4)c(OC)c1. The first kappa shape index (κ1) is 15.9. The van der Waals surface area contributed by atoms with Crippen LogP contribution in [0.2, 0.25) is 0 Å². The van der Waals surface area contributed by atoms with Gasteiger partial charge in [-0.15, -0.1) is 0 Å². The molecule has 2 aliphatic heterocycles. The second-order valence-corrected chi connectivity index (χ2v) is 6.20. The molecule has 2 aromatic carbocycles. The molecule has 0 radical (unpaired) electrons. The topological polar surface area (TPSA) is 66.4 Å². The van der Waals surface area contributed by atoms with Crippen LogP contribution >= 0.6 is 0 Å². The lowest BCUT2D eigenvalue weighted by Crippen LogP contribution is -2.34. The van der Waals surface area contributed by atoms with E-state index in [4.69, 9.17) is 23.7 Å². The number of aliphatic hydroxyl groups excluding tert-OH is 1. The lowest BCUT2D eigenvalue weighted by atomic mass is 9.78. The van der Waals surface area contributed by atoms with Gasteiger partial charge in [-0.1, -0.05) is 13.0 Å². The molecule has 0 unspecified atom stereocenters. The van der Waals surface area contributed by atoms with Gasteiger partial charge in [0, 0.05) is 35.1 Å². The Hall–Kier alpha value is -2.60. The molecule has 0 saturated carbocycles. The first-order valence-corrected chi connectivity index (χ1v) is 8.12. The zero-order valence-electron chi connectivity index (χ0n) is 14.3. The summed E-state index contributed by atoms with van der Waals surface area (Å²) in [7, 11) is 3.24. The maximum absolute atomic E-state index is 10.4. The van der Waals surface area contributed by atoms with Gasteiger partial charge in [-0.3, -0.25) is 0 Å². The number of ether oxygens (including phenoxy) is 5. The van der Waals surface area contributed by atoms with E-state index in [-0.39, 0.29) is 18.6 Å². The number of fused-ring (bicyclic) bond motifs is 2. The van der Waals surface area contributed by atoms with Gasteiger partial charge < -0.3 is 28.8 Å². The zero-order chi connectivity index (χ0) is 17.6. The summed E-state index contributed by atoms with van der Waals surface area (Å²) in [5.41, 5.74) is 1.89. The number of methoxy groups -OCH3 is 2. The summed E-state index contributed by atoms with van der Waals surface area (Å²) in [6, 6.07) is 9.39. The molecule has 0 amide bonds. The second-order valence-electron chi connectivity index (χ2n) is 6.20. The van der Waals surface area contributed by atoms with Crippen LogP contribution in [0.3, 0.4) is 0 Å². The summed E-state index contributed by atoms with van der Waals surface area (Å²) < 4.78 is 27.5. The molecule has 1 N–H and O–H groups in total. The number of hydrogen-bond donors (Lipinski definition) is 1. The van der Waals surface area contributed by atoms with Crippen molar-refractivity contribution >= 4 is 0 Å². The third kappa shape index (κ3) is 2.53. The first-order chi connectivity index (χ1) is 12.1. The largest absolute Gasteiger partial charge is 0.497 e. The van der Waals surface area contributed by atoms with Crippen molar-refractivity contribution in [1.29, 1.82) is 0 Å². The molecular formula is C19H20O6. The van der Waals surface area contributed by atoms with Crippen molar-refractivity contribution in [2.24, 2.45) is 5.92 Å². The van der Waals surface area contributed by atoms with Crippen molar-refractivity contribution in [2.45, 2.75) is 19.1 Å². The Kier molecular flexibility index (Phi) is 3.84. The van der Waals surface area contributed by atoms with Crippen molar-refractivity contribution in [3.05, 3.63) is 41.5 Å². The van der Waals surface area contributed by atoms with Gasteiger partial charge in [-0.25, -0.2) is 0 Å². The van der Waals surface area contributed by atoms with E-state index in [1.165, 1.54) is 0 Å². The van der Waals surface area contributed by atoms with E-state index in [0.717, 1.165) is 11.1 Å². The fourth-order valence-electron chi connectivity index (χ4n) is 3.50. The van der Waals surface area contributed by atoms with Crippen molar-refractivity contribution < 1.29 is 28.8 Å². The summed E-state index contributed by atoms with van der Waals surface area (Å²) in [6.07, 6.45) is -0.926. The minimum Gasteiger partial charge on any atom is -0.497 e. The van der Waals surface area contributed by atoms with Crippen LogP contribution in [0.5, 0.6) is 28.7 Å². The Bertz CT molecular complexity index is 803. The molecule has 25 heavy (non-hydrogen) atoms. The molecule has 0 spiro atoms. The molecule has 0 saturated heterocycles. The highest BCUT2D eigenvalue weighted by Crippen LogP contribution is 2.50. The highest BCUT2D eigenvalue weighted by Gasteiger charge is 2.38. The van der Waals surface area contributed by atoms with Gasteiger partial charge in [-0.2, -0.15) is 0 Å². The van der Waals surface area contributed by atoms with E-state index >= 15 is 0 Å². The lowest BCUT2D eigenvalue weighted by molar-refractivity contribution is -0.0730. The average Bonchev–Trinajstić information content (AvgIpc) is 3.08. The number of benzene rings is 2. The zero-order valence-corrected chi connectivity index (χ0v) is 14.3. The van der Waals surface area contributed by atoms with Gasteiger partial charge in [0.15, 0.2) is 11.5 Å². The molecular weight excluding hydrogens is 324 g/mol. The molecule has 0 aliphatic carbocycles. The standard InChI is InChI=1S/C19H20O6/c1-10-18(12-5-4-11(21-2)6-14(12)22-3)13-7-16-17(24-9-23-16)8-15(13)25-19(10)20/h4-8,10,18-20H,9H2,1-3H3/t10-,18-,19+/m1/s1. The normalized spacial score (nSPS) is 23.6. The highest BCUT2D eigenvalue weighted by atomic mass is 16.7. The minimum absolute atomic E-state index is 0.117. The molecule has 6 nitrogen and oxygen atoms in total. The van der Waals surface area contributed by atoms with E-state index in [1.807, 2.05) is 31.2 Å². The quantitative estimate of drug-likeness (QED) is 0.923. The fourth-order valence-corrected chi connectivity index (χ4v) is 3.50. The first-order valence-electron chi connectivity index (χ1n) is 8.12. The van der Waals surface area contributed by atoms with Crippen LogP contribution in [0.25, 0.3) is 0 Å². The van der Waals surface area contributed by atoms with Crippen LogP contribution in [0, 0.1) is 5.92 Å². The maximum atomic E-state index is 10.4. The van der Waals surface area contributed by atoms with E-state index in [0.29, 0.717) is 28.7 Å². The molecule has 0 aromatic heterocycles. The Morgan fingerprint density at radius 3 is 2.44 bits per heavy atom. The van der Waals surface area contributed by atoms with Gasteiger partial charge in [-0.05, 0) is 12.1 Å². The Balaban J connectivity index is 1.87. The van der Waals surface area contributed by atoms with Crippen LogP contribution in [0.15, 0.2) is 30.3 Å². The Morgan fingerprint density at radius 2 is 1.72 bits per heavy atom. The summed E-state index contributed by atoms with van der Waals surface area (Å²) in [4.78, 5) is 0. The van der Waals surface area contributed by atoms with Crippen LogP contribution < -0.4 is 23.7 Å². The Labute approximate surface area is 145 Å². The van der Waals surface area contributed by atoms with E-state index < -0.39 is 6.29 Å². The summed E-state index contributed by atoms with van der Waals surface area (Å²) in [5, 5.41) is 10.4. The average molecular weight is 344 g/mol. The summed E-state index contributed by atoms with van der Waals surface area (Å²) in [5.74, 6) is 3.03. The molecule has 4 rings (SSSR count). The van der Waals surface area contributed by atoms with E-state index in [9.17, 15) is 5.11 Å². The number of hydrogen-bond acceptors (Lipinski definition) is 6. The van der Waals surface area contributed by atoms with Crippen LogP contribution in [-0.4, -0.2) is 32.4 Å². The van der Waals surface area contributed by atoms with Crippen LogP contribution in [0.1, 0.15) is 24.0 Å².